The van der Waals surface area contributed by atoms with Crippen molar-refractivity contribution in [3.8, 4) is 11.3 Å². The average Bonchev–Trinajstić information content (AvgIpc) is 3.54. The summed E-state index contributed by atoms with van der Waals surface area (Å²) in [5, 5.41) is 7.14. The molecule has 0 bridgehead atoms. The third-order valence-electron chi connectivity index (χ3n) is 6.98. The van der Waals surface area contributed by atoms with E-state index in [1.165, 1.54) is 18.3 Å². The molecule has 196 valence electrons. The molecule has 1 atom stereocenters. The monoisotopic (exact) mass is 524 g/mol. The number of nitrogens with one attached hydrogen (secondary N) is 1. The van der Waals surface area contributed by atoms with Gasteiger partial charge in [0.25, 0.3) is 0 Å². The molecular weight excluding hydrogens is 502 g/mol. The fourth-order valence-corrected chi connectivity index (χ4v) is 5.05. The minimum atomic E-state index is -4.65. The van der Waals surface area contributed by atoms with Gasteiger partial charge in [0.2, 0.25) is 0 Å². The molecule has 2 aromatic heterocycles. The van der Waals surface area contributed by atoms with Crippen LogP contribution in [0, 0.1) is 0 Å². The Balaban J connectivity index is 1.29. The molecule has 4 heterocycles. The summed E-state index contributed by atoms with van der Waals surface area (Å²) in [4.78, 5) is 18.1. The predicted octanol–water partition coefficient (Wildman–Crippen LogP) is 4.82. The second-order valence-electron chi connectivity index (χ2n) is 9.35. The molecule has 1 saturated heterocycles. The number of nitrogens with zero attached hydrogens (tertiary/aromatic N) is 4. The number of nitrogens with two attached hydrogens (primary N) is 1. The number of urea groups is 1. The highest BCUT2D eigenvalue weighted by molar-refractivity contribution is 5.75. The van der Waals surface area contributed by atoms with Crippen LogP contribution in [-0.2, 0) is 30.9 Å². The number of aromatic nitrogens is 3. The van der Waals surface area contributed by atoms with E-state index in [1.807, 2.05) is 0 Å². The van der Waals surface area contributed by atoms with Crippen LogP contribution >= 0.6 is 0 Å². The lowest BCUT2D eigenvalue weighted by Gasteiger charge is -2.23. The molecule has 0 radical (unpaired) electrons. The highest BCUT2D eigenvalue weighted by Gasteiger charge is 2.47. The van der Waals surface area contributed by atoms with Crippen molar-refractivity contribution in [2.75, 3.05) is 18.8 Å². The maximum atomic E-state index is 13.3. The number of carbonyl (C=O) groups excluding carboxylic acids is 1. The van der Waals surface area contributed by atoms with Crippen LogP contribution in [0.3, 0.4) is 0 Å². The van der Waals surface area contributed by atoms with Gasteiger partial charge < -0.3 is 16.0 Å². The van der Waals surface area contributed by atoms with Crippen molar-refractivity contribution >= 4 is 11.8 Å². The Hall–Kier alpha value is -3.77. The topological polar surface area (TPSA) is 89.1 Å². The Morgan fingerprint density at radius 2 is 1.81 bits per heavy atom. The molecule has 3 N–H and O–H groups in total. The van der Waals surface area contributed by atoms with Gasteiger partial charge in [0.15, 0.2) is 0 Å². The molecule has 0 saturated carbocycles. The Kier molecular flexibility index (Phi) is 5.83. The summed E-state index contributed by atoms with van der Waals surface area (Å²) >= 11 is 0. The van der Waals surface area contributed by atoms with E-state index in [0.29, 0.717) is 43.7 Å². The number of aryl methyl sites for hydroxylation is 1. The molecule has 13 heteroatoms. The Morgan fingerprint density at radius 3 is 2.54 bits per heavy atom. The number of anilines is 1. The normalized spacial score (nSPS) is 19.5. The molecule has 1 spiro atoms. The Labute approximate surface area is 207 Å². The summed E-state index contributed by atoms with van der Waals surface area (Å²) in [6.45, 7) is 1.28. The van der Waals surface area contributed by atoms with Gasteiger partial charge in [-0.15, -0.1) is 0 Å². The van der Waals surface area contributed by atoms with E-state index in [2.05, 4.69) is 15.4 Å². The lowest BCUT2D eigenvalue weighted by molar-refractivity contribution is -0.138. The number of likely N-dealkylation sites (tertiary alicyclic amines) is 1. The second-order valence-corrected chi connectivity index (χ2v) is 9.35. The summed E-state index contributed by atoms with van der Waals surface area (Å²) < 4.78 is 80.4. The van der Waals surface area contributed by atoms with Gasteiger partial charge in [0, 0.05) is 49.0 Å². The largest absolute Gasteiger partial charge is 0.419 e. The van der Waals surface area contributed by atoms with E-state index in [1.54, 1.807) is 15.6 Å². The summed E-state index contributed by atoms with van der Waals surface area (Å²) in [6, 6.07) is 7.02. The molecule has 3 aromatic rings. The fourth-order valence-electron chi connectivity index (χ4n) is 5.05. The minimum absolute atomic E-state index is 0.0555. The number of benzene rings is 1. The number of pyridine rings is 1. The van der Waals surface area contributed by atoms with Crippen molar-refractivity contribution < 1.29 is 31.1 Å². The van der Waals surface area contributed by atoms with Gasteiger partial charge in [-0.1, -0.05) is 12.1 Å². The van der Waals surface area contributed by atoms with Crippen molar-refractivity contribution in [3.05, 3.63) is 65.0 Å². The van der Waals surface area contributed by atoms with E-state index in [-0.39, 0.29) is 12.1 Å². The van der Waals surface area contributed by atoms with Gasteiger partial charge in [-0.2, -0.15) is 31.4 Å². The van der Waals surface area contributed by atoms with E-state index in [9.17, 15) is 31.1 Å². The fraction of sp³-hybridized carbons (Fsp3) is 0.375. The van der Waals surface area contributed by atoms with E-state index in [0.717, 1.165) is 23.9 Å². The average molecular weight is 524 g/mol. The van der Waals surface area contributed by atoms with Crippen LogP contribution in [0.5, 0.6) is 0 Å². The number of nitrogen functional groups attached to an aromatic ring is 1. The molecular formula is C24H22F6N6O. The quantitative estimate of drug-likeness (QED) is 0.481. The molecule has 2 aliphatic heterocycles. The first kappa shape index (κ1) is 24.9. The predicted molar refractivity (Wildman–Crippen MR) is 121 cm³/mol. The minimum Gasteiger partial charge on any atom is -0.383 e. The van der Waals surface area contributed by atoms with Gasteiger partial charge in [0.1, 0.15) is 5.82 Å². The number of hydrogen-bond donors (Lipinski definition) is 2. The van der Waals surface area contributed by atoms with Crippen molar-refractivity contribution in [2.45, 2.75) is 43.7 Å². The first-order valence-corrected chi connectivity index (χ1v) is 11.5. The van der Waals surface area contributed by atoms with Gasteiger partial charge in [-0.05, 0) is 42.7 Å². The summed E-state index contributed by atoms with van der Waals surface area (Å²) in [5.41, 5.74) is 4.85. The molecule has 2 amide bonds. The number of hydrogen-bond acceptors (Lipinski definition) is 4. The first-order chi connectivity index (χ1) is 17.4. The summed E-state index contributed by atoms with van der Waals surface area (Å²) in [7, 11) is 0. The summed E-state index contributed by atoms with van der Waals surface area (Å²) in [6.07, 6.45) is -6.53. The molecule has 37 heavy (non-hydrogen) atoms. The highest BCUT2D eigenvalue weighted by atomic mass is 19.4. The number of halogens is 6. The summed E-state index contributed by atoms with van der Waals surface area (Å²) in [5.74, 6) is -0.609. The third kappa shape index (κ3) is 4.69. The van der Waals surface area contributed by atoms with Crippen LogP contribution in [0.25, 0.3) is 11.3 Å². The number of alkyl halides is 6. The molecule has 0 aliphatic carbocycles. The SMILES string of the molecule is Nc1ncc(-c2cc3n(n2)CC[C@@]32CCN(C(=O)NCc3cccc(C(F)(F)F)c3)C2)cc1C(F)(F)F. The van der Waals surface area contributed by atoms with Crippen LogP contribution in [-0.4, -0.2) is 38.8 Å². The molecule has 1 aromatic carbocycles. The molecule has 5 rings (SSSR count). The van der Waals surface area contributed by atoms with Crippen molar-refractivity contribution in [3.63, 3.8) is 0 Å². The zero-order valence-electron chi connectivity index (χ0n) is 19.3. The van der Waals surface area contributed by atoms with Crippen molar-refractivity contribution in [2.24, 2.45) is 0 Å². The number of amides is 2. The smallest absolute Gasteiger partial charge is 0.383 e. The maximum absolute atomic E-state index is 13.3. The number of carbonyl (C=O) groups is 1. The van der Waals surface area contributed by atoms with Crippen LogP contribution in [0.1, 0.15) is 35.2 Å². The van der Waals surface area contributed by atoms with Crippen LogP contribution in [0.2, 0.25) is 0 Å². The lowest BCUT2D eigenvalue weighted by atomic mass is 9.82. The van der Waals surface area contributed by atoms with Gasteiger partial charge >= 0.3 is 18.4 Å². The standard InChI is InChI=1S/C24H22F6N6O/c25-23(26,27)16-3-1-2-14(8-16)11-33-21(37)35-6-4-22(13-35)5-7-36-19(22)10-18(34-36)15-9-17(24(28,29)30)20(31)32-12-15/h1-3,8-10,12H,4-7,11,13H2,(H2,31,32)(H,33,37)/t22-/m1/s1. The third-order valence-corrected chi connectivity index (χ3v) is 6.98. The van der Waals surface area contributed by atoms with Crippen LogP contribution < -0.4 is 11.1 Å². The van der Waals surface area contributed by atoms with Gasteiger partial charge in [0.05, 0.1) is 16.8 Å². The van der Waals surface area contributed by atoms with Crippen LogP contribution in [0.15, 0.2) is 42.6 Å². The molecule has 0 unspecified atom stereocenters. The molecule has 7 nitrogen and oxygen atoms in total. The zero-order chi connectivity index (χ0) is 26.6. The number of rotatable bonds is 3. The van der Waals surface area contributed by atoms with Crippen molar-refractivity contribution in [1.29, 1.82) is 0 Å². The van der Waals surface area contributed by atoms with E-state index >= 15 is 0 Å². The Bertz CT molecular complexity index is 1350. The molecule has 2 aliphatic rings. The zero-order valence-corrected chi connectivity index (χ0v) is 19.3. The van der Waals surface area contributed by atoms with E-state index in [4.69, 9.17) is 5.73 Å². The highest BCUT2D eigenvalue weighted by Crippen LogP contribution is 2.44. The lowest BCUT2D eigenvalue weighted by Crippen LogP contribution is -2.40. The van der Waals surface area contributed by atoms with E-state index < -0.39 is 40.7 Å². The maximum Gasteiger partial charge on any atom is 0.419 e. The molecule has 1 fully saturated rings. The Morgan fingerprint density at radius 1 is 1.05 bits per heavy atom. The number of fused-ring (bicyclic) bond motifs is 2. The van der Waals surface area contributed by atoms with Crippen LogP contribution in [0.4, 0.5) is 37.0 Å². The van der Waals surface area contributed by atoms with Gasteiger partial charge in [-0.25, -0.2) is 9.78 Å². The first-order valence-electron chi connectivity index (χ1n) is 11.5. The second kappa shape index (κ2) is 8.67. The van der Waals surface area contributed by atoms with Crippen molar-refractivity contribution in [1.82, 2.24) is 25.0 Å². The van der Waals surface area contributed by atoms with Gasteiger partial charge in [-0.3, -0.25) is 4.68 Å².